The fourth-order valence-electron chi connectivity index (χ4n) is 3.31. The average Bonchev–Trinajstić information content (AvgIpc) is 3.11. The van der Waals surface area contributed by atoms with E-state index in [9.17, 15) is 4.79 Å². The van der Waals surface area contributed by atoms with Crippen molar-refractivity contribution in [3.8, 4) is 0 Å². The Labute approximate surface area is 131 Å². The first-order valence-electron chi connectivity index (χ1n) is 8.20. The molecule has 1 N–H and O–H groups in total. The summed E-state index contributed by atoms with van der Waals surface area (Å²) in [5.41, 5.74) is 1.24. The number of rotatable bonds is 6. The molecule has 1 amide bonds. The highest BCUT2D eigenvalue weighted by molar-refractivity contribution is 7.07. The Morgan fingerprint density at radius 2 is 2.14 bits per heavy atom. The van der Waals surface area contributed by atoms with Crippen LogP contribution in [0.25, 0.3) is 0 Å². The van der Waals surface area contributed by atoms with Crippen molar-refractivity contribution in [2.75, 3.05) is 6.54 Å². The topological polar surface area (TPSA) is 32.3 Å². The number of thiophene rings is 1. The Morgan fingerprint density at radius 3 is 2.71 bits per heavy atom. The molecule has 3 rings (SSSR count). The van der Waals surface area contributed by atoms with Gasteiger partial charge in [0.2, 0.25) is 5.91 Å². The van der Waals surface area contributed by atoms with Crippen molar-refractivity contribution in [3.05, 3.63) is 22.4 Å². The summed E-state index contributed by atoms with van der Waals surface area (Å²) in [6, 6.07) is 2.12. The first kappa shape index (κ1) is 15.0. The molecule has 0 radical (unpaired) electrons. The largest absolute Gasteiger partial charge is 0.321 e. The molecule has 1 aliphatic heterocycles. The number of hydrogen-bond acceptors (Lipinski definition) is 3. The van der Waals surface area contributed by atoms with Crippen LogP contribution in [0.4, 0.5) is 0 Å². The number of carbonyl (C=O) groups is 1. The second-order valence-corrected chi connectivity index (χ2v) is 7.57. The Hall–Kier alpha value is -0.870. The third-order valence-corrected chi connectivity index (χ3v) is 5.88. The maximum atomic E-state index is 12.9. The first-order chi connectivity index (χ1) is 10.1. The molecule has 21 heavy (non-hydrogen) atoms. The van der Waals surface area contributed by atoms with Gasteiger partial charge in [-0.05, 0) is 53.0 Å². The van der Waals surface area contributed by atoms with Gasteiger partial charge in [0.1, 0.15) is 6.17 Å². The molecule has 4 heteroatoms. The molecular formula is C17H26N2OS. The lowest BCUT2D eigenvalue weighted by molar-refractivity contribution is -0.131. The van der Waals surface area contributed by atoms with Crippen LogP contribution in [0.1, 0.15) is 51.8 Å². The van der Waals surface area contributed by atoms with Gasteiger partial charge in [-0.2, -0.15) is 11.3 Å². The van der Waals surface area contributed by atoms with Crippen LogP contribution in [0.2, 0.25) is 0 Å². The van der Waals surface area contributed by atoms with Crippen LogP contribution in [0.15, 0.2) is 16.8 Å². The van der Waals surface area contributed by atoms with Gasteiger partial charge in [-0.3, -0.25) is 10.1 Å². The van der Waals surface area contributed by atoms with Crippen LogP contribution in [-0.4, -0.2) is 23.4 Å². The Morgan fingerprint density at radius 1 is 1.38 bits per heavy atom. The van der Waals surface area contributed by atoms with Crippen molar-refractivity contribution < 1.29 is 4.79 Å². The number of amides is 1. The van der Waals surface area contributed by atoms with E-state index in [1.54, 1.807) is 11.3 Å². The number of nitrogens with zero attached hydrogens (tertiary/aromatic N) is 1. The van der Waals surface area contributed by atoms with Gasteiger partial charge in [0.15, 0.2) is 0 Å². The summed E-state index contributed by atoms with van der Waals surface area (Å²) < 4.78 is 0. The van der Waals surface area contributed by atoms with Gasteiger partial charge in [-0.15, -0.1) is 0 Å². The third kappa shape index (κ3) is 3.02. The number of carbonyl (C=O) groups excluding carboxylic acids is 1. The average molecular weight is 306 g/mol. The predicted molar refractivity (Wildman–Crippen MR) is 87.0 cm³/mol. The molecule has 4 unspecified atom stereocenters. The van der Waals surface area contributed by atoms with Crippen molar-refractivity contribution in [3.63, 3.8) is 0 Å². The van der Waals surface area contributed by atoms with Crippen LogP contribution in [0, 0.1) is 17.8 Å². The van der Waals surface area contributed by atoms with E-state index in [0.717, 1.165) is 18.9 Å². The molecule has 1 aliphatic carbocycles. The highest BCUT2D eigenvalue weighted by Gasteiger charge is 2.43. The number of hydrogen-bond donors (Lipinski definition) is 1. The lowest BCUT2D eigenvalue weighted by Gasteiger charge is -2.26. The summed E-state index contributed by atoms with van der Waals surface area (Å²) in [5, 5.41) is 7.85. The molecule has 3 nitrogen and oxygen atoms in total. The van der Waals surface area contributed by atoms with Crippen LogP contribution in [0.3, 0.4) is 0 Å². The van der Waals surface area contributed by atoms with Gasteiger partial charge < -0.3 is 4.90 Å². The standard InChI is InChI=1S/C17H26N2OS/c1-4-11(2)15-17(20)19(9-12(3)13-5-6-13)16(18-15)14-7-8-21-10-14/h7-8,10-13,15-16,18H,4-6,9H2,1-3H3. The molecule has 1 saturated heterocycles. The van der Waals surface area contributed by atoms with E-state index >= 15 is 0 Å². The van der Waals surface area contributed by atoms with Crippen molar-refractivity contribution in [1.82, 2.24) is 10.2 Å². The molecule has 2 fully saturated rings. The lowest BCUT2D eigenvalue weighted by atomic mass is 9.99. The molecule has 2 heterocycles. The molecule has 1 aromatic heterocycles. The van der Waals surface area contributed by atoms with Crippen molar-refractivity contribution in [1.29, 1.82) is 0 Å². The SMILES string of the molecule is CCC(C)C1NC(c2ccsc2)N(CC(C)C2CC2)C1=O. The summed E-state index contributed by atoms with van der Waals surface area (Å²) in [6.07, 6.45) is 3.79. The highest BCUT2D eigenvalue weighted by atomic mass is 32.1. The van der Waals surface area contributed by atoms with Gasteiger partial charge in [0.05, 0.1) is 6.04 Å². The second-order valence-electron chi connectivity index (χ2n) is 6.79. The van der Waals surface area contributed by atoms with Crippen molar-refractivity contribution in [2.24, 2.45) is 17.8 Å². The van der Waals surface area contributed by atoms with Gasteiger partial charge in [-0.1, -0.05) is 27.2 Å². The first-order valence-corrected chi connectivity index (χ1v) is 9.14. The summed E-state index contributed by atoms with van der Waals surface area (Å²) in [7, 11) is 0. The second kappa shape index (κ2) is 6.09. The Bertz CT molecular complexity index is 483. The van der Waals surface area contributed by atoms with Crippen molar-refractivity contribution >= 4 is 17.2 Å². The number of nitrogens with one attached hydrogen (secondary N) is 1. The van der Waals surface area contributed by atoms with E-state index in [1.165, 1.54) is 18.4 Å². The van der Waals surface area contributed by atoms with Crippen LogP contribution in [0.5, 0.6) is 0 Å². The van der Waals surface area contributed by atoms with Crippen molar-refractivity contribution in [2.45, 2.75) is 52.2 Å². The minimum absolute atomic E-state index is 0.0219. The molecule has 1 saturated carbocycles. The molecule has 2 aliphatic rings. The highest BCUT2D eigenvalue weighted by Crippen LogP contribution is 2.39. The molecular weight excluding hydrogens is 280 g/mol. The summed E-state index contributed by atoms with van der Waals surface area (Å²) in [4.78, 5) is 15.0. The Balaban J connectivity index is 1.79. The fourth-order valence-corrected chi connectivity index (χ4v) is 3.99. The maximum Gasteiger partial charge on any atom is 0.241 e. The fraction of sp³-hybridized carbons (Fsp3) is 0.706. The van der Waals surface area contributed by atoms with Crippen LogP contribution >= 0.6 is 11.3 Å². The summed E-state index contributed by atoms with van der Waals surface area (Å²) in [5.74, 6) is 2.14. The zero-order valence-corrected chi connectivity index (χ0v) is 14.0. The van der Waals surface area contributed by atoms with E-state index in [2.05, 4.69) is 47.8 Å². The minimum Gasteiger partial charge on any atom is -0.321 e. The molecule has 4 atom stereocenters. The van der Waals surface area contributed by atoms with E-state index in [-0.39, 0.29) is 12.2 Å². The summed E-state index contributed by atoms with van der Waals surface area (Å²) in [6.45, 7) is 7.53. The van der Waals surface area contributed by atoms with Gasteiger partial charge in [0.25, 0.3) is 0 Å². The molecule has 0 spiro atoms. The minimum atomic E-state index is -0.0219. The Kier molecular flexibility index (Phi) is 4.36. The molecule has 0 aromatic carbocycles. The molecule has 116 valence electrons. The zero-order valence-electron chi connectivity index (χ0n) is 13.2. The van der Waals surface area contributed by atoms with E-state index < -0.39 is 0 Å². The van der Waals surface area contributed by atoms with E-state index in [4.69, 9.17) is 0 Å². The summed E-state index contributed by atoms with van der Waals surface area (Å²) >= 11 is 1.70. The van der Waals surface area contributed by atoms with Gasteiger partial charge in [0, 0.05) is 6.54 Å². The van der Waals surface area contributed by atoms with Crippen LogP contribution < -0.4 is 5.32 Å². The molecule has 0 bridgehead atoms. The monoisotopic (exact) mass is 306 g/mol. The van der Waals surface area contributed by atoms with E-state index in [1.807, 2.05) is 0 Å². The van der Waals surface area contributed by atoms with Gasteiger partial charge in [-0.25, -0.2) is 0 Å². The van der Waals surface area contributed by atoms with Gasteiger partial charge >= 0.3 is 0 Å². The smallest absolute Gasteiger partial charge is 0.241 e. The normalized spacial score (nSPS) is 28.9. The lowest BCUT2D eigenvalue weighted by Crippen LogP contribution is -2.37. The molecule has 1 aromatic rings. The zero-order chi connectivity index (χ0) is 15.0. The maximum absolute atomic E-state index is 12.9. The third-order valence-electron chi connectivity index (χ3n) is 5.18. The predicted octanol–water partition coefficient (Wildman–Crippen LogP) is 3.64. The quantitative estimate of drug-likeness (QED) is 0.870. The van der Waals surface area contributed by atoms with Crippen LogP contribution in [-0.2, 0) is 4.79 Å². The van der Waals surface area contributed by atoms with E-state index in [0.29, 0.717) is 17.7 Å².